The Kier molecular flexibility index (Phi) is 6.15. The predicted molar refractivity (Wildman–Crippen MR) is 121 cm³/mol. The molecular weight excluding hydrogens is 408 g/mol. The molecule has 168 valence electrons. The number of ether oxygens (including phenoxy) is 3. The standard InChI is InChI=1S/C23H28N6O3/c1-30-21-14-24-15-27-23(21)28-16-2-4-18(5-3-16)32-20-13-17(29-8-10-31-11-9-29)12-19-22(20)26-7-6-25-19/h6-7,12-16,18H,2-5,8-11H2,1H3,(H,24,27,28). The topological polar surface area (TPSA) is 94.5 Å². The highest BCUT2D eigenvalue weighted by Crippen LogP contribution is 2.33. The van der Waals surface area contributed by atoms with Gasteiger partial charge in [-0.2, -0.15) is 0 Å². The van der Waals surface area contributed by atoms with E-state index < -0.39 is 0 Å². The molecule has 1 aromatic carbocycles. The monoisotopic (exact) mass is 436 g/mol. The van der Waals surface area contributed by atoms with Gasteiger partial charge in [-0.25, -0.2) is 15.0 Å². The third-order valence-electron chi connectivity index (χ3n) is 6.11. The van der Waals surface area contributed by atoms with Crippen molar-refractivity contribution >= 4 is 22.5 Å². The van der Waals surface area contributed by atoms with E-state index in [-0.39, 0.29) is 6.10 Å². The minimum atomic E-state index is 0.144. The van der Waals surface area contributed by atoms with Crippen LogP contribution in [-0.4, -0.2) is 65.5 Å². The van der Waals surface area contributed by atoms with Crippen molar-refractivity contribution in [2.45, 2.75) is 37.8 Å². The number of nitrogens with one attached hydrogen (secondary N) is 1. The van der Waals surface area contributed by atoms with E-state index in [1.54, 1.807) is 25.7 Å². The lowest BCUT2D eigenvalue weighted by Gasteiger charge is -2.31. The Morgan fingerprint density at radius 3 is 2.62 bits per heavy atom. The molecule has 1 saturated carbocycles. The largest absolute Gasteiger partial charge is 0.491 e. The van der Waals surface area contributed by atoms with Gasteiger partial charge in [-0.3, -0.25) is 4.98 Å². The average molecular weight is 437 g/mol. The number of rotatable bonds is 6. The number of hydrogen-bond acceptors (Lipinski definition) is 9. The zero-order valence-corrected chi connectivity index (χ0v) is 18.2. The Morgan fingerprint density at radius 1 is 1.00 bits per heavy atom. The van der Waals surface area contributed by atoms with Gasteiger partial charge in [0.15, 0.2) is 11.6 Å². The number of morpholine rings is 1. The summed E-state index contributed by atoms with van der Waals surface area (Å²) in [6.45, 7) is 3.22. The van der Waals surface area contributed by atoms with Gasteiger partial charge in [0.05, 0.1) is 38.1 Å². The molecule has 0 atom stereocenters. The van der Waals surface area contributed by atoms with Gasteiger partial charge in [-0.1, -0.05) is 0 Å². The molecule has 2 fully saturated rings. The van der Waals surface area contributed by atoms with Crippen molar-refractivity contribution in [3.8, 4) is 11.5 Å². The first-order chi connectivity index (χ1) is 15.8. The van der Waals surface area contributed by atoms with Gasteiger partial charge in [-0.15, -0.1) is 0 Å². The van der Waals surface area contributed by atoms with Gasteiger partial charge in [0.2, 0.25) is 0 Å². The summed E-state index contributed by atoms with van der Waals surface area (Å²) < 4.78 is 17.4. The van der Waals surface area contributed by atoms with E-state index in [1.165, 1.54) is 6.33 Å². The van der Waals surface area contributed by atoms with Crippen molar-refractivity contribution in [1.82, 2.24) is 19.9 Å². The van der Waals surface area contributed by atoms with E-state index in [2.05, 4.69) is 42.3 Å². The summed E-state index contributed by atoms with van der Waals surface area (Å²) in [7, 11) is 1.63. The molecule has 9 nitrogen and oxygen atoms in total. The molecule has 3 heterocycles. The van der Waals surface area contributed by atoms with E-state index in [0.29, 0.717) is 11.8 Å². The number of aromatic nitrogens is 4. The molecule has 1 N–H and O–H groups in total. The molecule has 1 aliphatic carbocycles. The maximum absolute atomic E-state index is 6.50. The highest BCUT2D eigenvalue weighted by atomic mass is 16.5. The van der Waals surface area contributed by atoms with Crippen molar-refractivity contribution in [1.29, 1.82) is 0 Å². The highest BCUT2D eigenvalue weighted by molar-refractivity contribution is 5.85. The summed E-state index contributed by atoms with van der Waals surface area (Å²) in [5.74, 6) is 2.22. The molecule has 1 aliphatic heterocycles. The highest BCUT2D eigenvalue weighted by Gasteiger charge is 2.25. The first-order valence-electron chi connectivity index (χ1n) is 11.1. The molecule has 1 saturated heterocycles. The molecule has 0 spiro atoms. The second-order valence-electron chi connectivity index (χ2n) is 8.14. The average Bonchev–Trinajstić information content (AvgIpc) is 2.86. The Bertz CT molecular complexity index is 1050. The van der Waals surface area contributed by atoms with Gasteiger partial charge in [0.25, 0.3) is 0 Å². The number of benzene rings is 1. The fraction of sp³-hybridized carbons (Fsp3) is 0.478. The predicted octanol–water partition coefficient (Wildman–Crippen LogP) is 3.07. The van der Waals surface area contributed by atoms with Crippen LogP contribution in [0.1, 0.15) is 25.7 Å². The lowest BCUT2D eigenvalue weighted by Crippen LogP contribution is -2.36. The molecule has 0 bridgehead atoms. The maximum atomic E-state index is 6.50. The quantitative estimate of drug-likeness (QED) is 0.625. The van der Waals surface area contributed by atoms with E-state index in [0.717, 1.165) is 80.3 Å². The number of hydrogen-bond donors (Lipinski definition) is 1. The lowest BCUT2D eigenvalue weighted by molar-refractivity contribution is 0.122. The lowest BCUT2D eigenvalue weighted by atomic mass is 9.93. The van der Waals surface area contributed by atoms with Crippen LogP contribution in [0.5, 0.6) is 11.5 Å². The van der Waals surface area contributed by atoms with Crippen molar-refractivity contribution in [2.24, 2.45) is 0 Å². The van der Waals surface area contributed by atoms with Crippen molar-refractivity contribution in [3.05, 3.63) is 37.1 Å². The van der Waals surface area contributed by atoms with Crippen LogP contribution in [0.2, 0.25) is 0 Å². The number of fused-ring (bicyclic) bond motifs is 1. The third-order valence-corrected chi connectivity index (χ3v) is 6.11. The minimum absolute atomic E-state index is 0.144. The fourth-order valence-corrected chi connectivity index (χ4v) is 4.40. The number of anilines is 2. The van der Waals surface area contributed by atoms with Crippen LogP contribution in [0.3, 0.4) is 0 Å². The molecular formula is C23H28N6O3. The summed E-state index contributed by atoms with van der Waals surface area (Å²) in [4.78, 5) is 19.7. The summed E-state index contributed by atoms with van der Waals surface area (Å²) in [6, 6.07) is 4.53. The van der Waals surface area contributed by atoms with Gasteiger partial charge in [-0.05, 0) is 31.7 Å². The SMILES string of the molecule is COc1cncnc1NC1CCC(Oc2cc(N3CCOCC3)cc3nccnc23)CC1. The van der Waals surface area contributed by atoms with Crippen LogP contribution in [-0.2, 0) is 4.74 Å². The molecule has 2 aromatic heterocycles. The van der Waals surface area contributed by atoms with Crippen molar-refractivity contribution in [3.63, 3.8) is 0 Å². The summed E-state index contributed by atoms with van der Waals surface area (Å²) >= 11 is 0. The van der Waals surface area contributed by atoms with E-state index in [4.69, 9.17) is 14.2 Å². The van der Waals surface area contributed by atoms with Gasteiger partial charge in [0, 0.05) is 43.3 Å². The van der Waals surface area contributed by atoms with Crippen LogP contribution < -0.4 is 19.7 Å². The van der Waals surface area contributed by atoms with Crippen LogP contribution in [0, 0.1) is 0 Å². The van der Waals surface area contributed by atoms with Crippen molar-refractivity contribution in [2.75, 3.05) is 43.6 Å². The second kappa shape index (κ2) is 9.52. The Balaban J connectivity index is 1.28. The molecule has 0 unspecified atom stereocenters. The van der Waals surface area contributed by atoms with Gasteiger partial charge in [0.1, 0.15) is 17.6 Å². The molecule has 0 radical (unpaired) electrons. The first-order valence-corrected chi connectivity index (χ1v) is 11.1. The second-order valence-corrected chi connectivity index (χ2v) is 8.14. The fourth-order valence-electron chi connectivity index (χ4n) is 4.40. The molecule has 3 aromatic rings. The molecule has 2 aliphatic rings. The molecule has 0 amide bonds. The summed E-state index contributed by atoms with van der Waals surface area (Å²) in [5, 5.41) is 3.49. The van der Waals surface area contributed by atoms with Crippen LogP contribution in [0.25, 0.3) is 11.0 Å². The van der Waals surface area contributed by atoms with Crippen LogP contribution >= 0.6 is 0 Å². The first kappa shape index (κ1) is 20.7. The van der Waals surface area contributed by atoms with Crippen LogP contribution in [0.4, 0.5) is 11.5 Å². The zero-order valence-electron chi connectivity index (χ0n) is 18.2. The Morgan fingerprint density at radius 2 is 1.81 bits per heavy atom. The van der Waals surface area contributed by atoms with Gasteiger partial charge >= 0.3 is 0 Å². The third kappa shape index (κ3) is 4.52. The molecule has 9 heteroatoms. The van der Waals surface area contributed by atoms with Crippen molar-refractivity contribution < 1.29 is 14.2 Å². The minimum Gasteiger partial charge on any atom is -0.491 e. The summed E-state index contributed by atoms with van der Waals surface area (Å²) in [6.07, 6.45) is 10.7. The number of methoxy groups -OCH3 is 1. The molecule has 32 heavy (non-hydrogen) atoms. The molecule has 5 rings (SSSR count). The normalized spacial score (nSPS) is 21.3. The number of nitrogens with zero attached hydrogens (tertiary/aromatic N) is 5. The van der Waals surface area contributed by atoms with Crippen LogP contribution in [0.15, 0.2) is 37.1 Å². The van der Waals surface area contributed by atoms with Gasteiger partial charge < -0.3 is 24.4 Å². The van der Waals surface area contributed by atoms with E-state index in [9.17, 15) is 0 Å². The Labute approximate surface area is 187 Å². The summed E-state index contributed by atoms with van der Waals surface area (Å²) in [5.41, 5.74) is 2.79. The zero-order chi connectivity index (χ0) is 21.8. The van der Waals surface area contributed by atoms with E-state index >= 15 is 0 Å². The maximum Gasteiger partial charge on any atom is 0.179 e. The van der Waals surface area contributed by atoms with E-state index in [1.807, 2.05) is 0 Å². The Hall–Kier alpha value is -3.20. The smallest absolute Gasteiger partial charge is 0.179 e.